The Bertz CT molecular complexity index is 426. The smallest absolute Gasteiger partial charge is 0.248 e. The first-order valence-electron chi connectivity index (χ1n) is 6.54. The van der Waals surface area contributed by atoms with Crippen molar-refractivity contribution in [2.24, 2.45) is 0 Å². The van der Waals surface area contributed by atoms with Gasteiger partial charge in [0.1, 0.15) is 19.0 Å². The van der Waals surface area contributed by atoms with E-state index in [9.17, 15) is 4.79 Å². The first-order valence-corrected chi connectivity index (χ1v) is 7.33. The minimum Gasteiger partial charge on any atom is -0.492 e. The largest absolute Gasteiger partial charge is 0.492 e. The molecule has 1 amide bonds. The van der Waals surface area contributed by atoms with Gasteiger partial charge in [0.05, 0.1) is 12.1 Å². The van der Waals surface area contributed by atoms with E-state index >= 15 is 0 Å². The third-order valence-corrected chi connectivity index (χ3v) is 3.09. The van der Waals surface area contributed by atoms with Crippen LogP contribution < -0.4 is 4.74 Å². The van der Waals surface area contributed by atoms with E-state index in [1.54, 1.807) is 11.9 Å². The number of ether oxygens (including phenoxy) is 2. The fourth-order valence-electron chi connectivity index (χ4n) is 1.34. The molecule has 0 atom stereocenters. The summed E-state index contributed by atoms with van der Waals surface area (Å²) in [4.78, 5) is 13.4. The molecule has 0 aliphatic carbocycles. The van der Waals surface area contributed by atoms with Gasteiger partial charge >= 0.3 is 0 Å². The molecule has 20 heavy (non-hydrogen) atoms. The quantitative estimate of drug-likeness (QED) is 0.796. The van der Waals surface area contributed by atoms with Gasteiger partial charge < -0.3 is 14.4 Å². The molecule has 0 heterocycles. The molecule has 0 saturated carbocycles. The van der Waals surface area contributed by atoms with Crippen LogP contribution in [0.2, 0.25) is 0 Å². The zero-order valence-corrected chi connectivity index (χ0v) is 14.1. The van der Waals surface area contributed by atoms with E-state index in [1.165, 1.54) is 0 Å². The Labute approximate surface area is 129 Å². The van der Waals surface area contributed by atoms with E-state index < -0.39 is 0 Å². The highest BCUT2D eigenvalue weighted by molar-refractivity contribution is 9.10. The first kappa shape index (κ1) is 17.0. The highest BCUT2D eigenvalue weighted by Gasteiger charge is 2.15. The van der Waals surface area contributed by atoms with Crippen LogP contribution in [0, 0.1) is 0 Å². The molecule has 4 nitrogen and oxygen atoms in total. The van der Waals surface area contributed by atoms with Crippen molar-refractivity contribution in [3.05, 3.63) is 28.7 Å². The van der Waals surface area contributed by atoms with Crippen molar-refractivity contribution in [3.63, 3.8) is 0 Å². The number of carbonyl (C=O) groups is 1. The molecule has 0 unspecified atom stereocenters. The molecule has 0 aliphatic rings. The molecule has 0 aromatic heterocycles. The van der Waals surface area contributed by atoms with E-state index in [4.69, 9.17) is 9.47 Å². The molecule has 1 aromatic rings. The highest BCUT2D eigenvalue weighted by Crippen LogP contribution is 2.15. The van der Waals surface area contributed by atoms with Crippen LogP contribution in [0.4, 0.5) is 0 Å². The van der Waals surface area contributed by atoms with Crippen molar-refractivity contribution >= 4 is 21.8 Å². The predicted octanol–water partition coefficient (Wildman–Crippen LogP) is 3.10. The SMILES string of the molecule is CN(CCOc1ccc(Br)cc1)C(=O)COC(C)(C)C. The highest BCUT2D eigenvalue weighted by atomic mass is 79.9. The van der Waals surface area contributed by atoms with E-state index in [0.29, 0.717) is 13.2 Å². The van der Waals surface area contributed by atoms with Crippen LogP contribution in [0.25, 0.3) is 0 Å². The topological polar surface area (TPSA) is 38.8 Å². The lowest BCUT2D eigenvalue weighted by Gasteiger charge is -2.22. The summed E-state index contributed by atoms with van der Waals surface area (Å²) in [5, 5.41) is 0. The summed E-state index contributed by atoms with van der Waals surface area (Å²) in [6.07, 6.45) is 0. The zero-order chi connectivity index (χ0) is 15.2. The van der Waals surface area contributed by atoms with E-state index in [1.807, 2.05) is 45.0 Å². The van der Waals surface area contributed by atoms with Crippen LogP contribution in [0.3, 0.4) is 0 Å². The number of amides is 1. The second kappa shape index (κ2) is 7.64. The van der Waals surface area contributed by atoms with Crippen LogP contribution in [-0.2, 0) is 9.53 Å². The third-order valence-electron chi connectivity index (χ3n) is 2.56. The Balaban J connectivity index is 2.27. The molecule has 0 radical (unpaired) electrons. The Morgan fingerprint density at radius 1 is 1.25 bits per heavy atom. The van der Waals surface area contributed by atoms with Crippen molar-refractivity contribution in [2.75, 3.05) is 26.8 Å². The zero-order valence-electron chi connectivity index (χ0n) is 12.5. The van der Waals surface area contributed by atoms with Crippen molar-refractivity contribution in [1.82, 2.24) is 4.90 Å². The number of nitrogens with zero attached hydrogens (tertiary/aromatic N) is 1. The fraction of sp³-hybridized carbons (Fsp3) is 0.533. The summed E-state index contributed by atoms with van der Waals surface area (Å²) in [6.45, 7) is 6.87. The van der Waals surface area contributed by atoms with Gasteiger partial charge in [-0.25, -0.2) is 0 Å². The standard InChI is InChI=1S/C15H22BrNO3/c1-15(2,3)20-11-14(18)17(4)9-10-19-13-7-5-12(16)6-8-13/h5-8H,9-11H2,1-4H3. The maximum Gasteiger partial charge on any atom is 0.248 e. The lowest BCUT2D eigenvalue weighted by molar-refractivity contribution is -0.140. The van der Waals surface area contributed by atoms with Gasteiger partial charge in [0, 0.05) is 11.5 Å². The van der Waals surface area contributed by atoms with Crippen LogP contribution in [-0.4, -0.2) is 43.2 Å². The number of likely N-dealkylation sites (N-methyl/N-ethyl adjacent to an activating group) is 1. The molecule has 112 valence electrons. The molecule has 0 fully saturated rings. The lowest BCUT2D eigenvalue weighted by atomic mass is 10.2. The Kier molecular flexibility index (Phi) is 6.49. The summed E-state index contributed by atoms with van der Waals surface area (Å²) in [7, 11) is 1.75. The fourth-order valence-corrected chi connectivity index (χ4v) is 1.61. The second-order valence-electron chi connectivity index (χ2n) is 5.52. The molecule has 0 saturated heterocycles. The van der Waals surface area contributed by atoms with Gasteiger partial charge in [0.25, 0.3) is 0 Å². The van der Waals surface area contributed by atoms with E-state index in [2.05, 4.69) is 15.9 Å². The average Bonchev–Trinajstić information content (AvgIpc) is 2.37. The second-order valence-corrected chi connectivity index (χ2v) is 6.43. The van der Waals surface area contributed by atoms with E-state index in [-0.39, 0.29) is 18.1 Å². The predicted molar refractivity (Wildman–Crippen MR) is 83.0 cm³/mol. The summed E-state index contributed by atoms with van der Waals surface area (Å²) in [5.74, 6) is 0.749. The van der Waals surface area contributed by atoms with Gasteiger partial charge in [0.15, 0.2) is 0 Å². The number of hydrogen-bond donors (Lipinski definition) is 0. The number of benzene rings is 1. The van der Waals surface area contributed by atoms with Crippen LogP contribution in [0.5, 0.6) is 5.75 Å². The minimum atomic E-state index is -0.301. The molecule has 0 aliphatic heterocycles. The first-order chi connectivity index (χ1) is 9.28. The Hall–Kier alpha value is -1.07. The Morgan fingerprint density at radius 2 is 1.85 bits per heavy atom. The van der Waals surface area contributed by atoms with Crippen molar-refractivity contribution < 1.29 is 14.3 Å². The van der Waals surface area contributed by atoms with Gasteiger partial charge in [0.2, 0.25) is 5.91 Å². The van der Waals surface area contributed by atoms with Crippen LogP contribution >= 0.6 is 15.9 Å². The van der Waals surface area contributed by atoms with E-state index in [0.717, 1.165) is 10.2 Å². The summed E-state index contributed by atoms with van der Waals surface area (Å²) in [5.41, 5.74) is -0.301. The van der Waals surface area contributed by atoms with Crippen molar-refractivity contribution in [1.29, 1.82) is 0 Å². The lowest BCUT2D eigenvalue weighted by Crippen LogP contribution is -2.36. The molecule has 1 aromatic carbocycles. The van der Waals surface area contributed by atoms with Gasteiger partial charge in [-0.3, -0.25) is 4.79 Å². The molecule has 0 N–H and O–H groups in total. The average molecular weight is 344 g/mol. The molecule has 1 rings (SSSR count). The van der Waals surface area contributed by atoms with Crippen molar-refractivity contribution in [2.45, 2.75) is 26.4 Å². The molecule has 0 bridgehead atoms. The molecular weight excluding hydrogens is 322 g/mol. The maximum atomic E-state index is 11.8. The Morgan fingerprint density at radius 3 is 2.40 bits per heavy atom. The normalized spacial score (nSPS) is 11.2. The summed E-state index contributed by atoms with van der Waals surface area (Å²) < 4.78 is 12.0. The van der Waals surface area contributed by atoms with Crippen molar-refractivity contribution in [3.8, 4) is 5.75 Å². The van der Waals surface area contributed by atoms with Gasteiger partial charge in [-0.1, -0.05) is 15.9 Å². The maximum absolute atomic E-state index is 11.8. The molecular formula is C15H22BrNO3. The summed E-state index contributed by atoms with van der Waals surface area (Å²) >= 11 is 3.37. The minimum absolute atomic E-state index is 0.0423. The number of carbonyl (C=O) groups excluding carboxylic acids is 1. The van der Waals surface area contributed by atoms with Crippen LogP contribution in [0.15, 0.2) is 28.7 Å². The number of halogens is 1. The molecule has 0 spiro atoms. The molecule has 5 heteroatoms. The summed E-state index contributed by atoms with van der Waals surface area (Å²) in [6, 6.07) is 7.60. The number of rotatable bonds is 6. The van der Waals surface area contributed by atoms with Gasteiger partial charge in [-0.2, -0.15) is 0 Å². The van der Waals surface area contributed by atoms with Crippen LogP contribution in [0.1, 0.15) is 20.8 Å². The van der Waals surface area contributed by atoms with Gasteiger partial charge in [-0.05, 0) is 45.0 Å². The monoisotopic (exact) mass is 343 g/mol. The third kappa shape index (κ3) is 6.91. The number of hydrogen-bond acceptors (Lipinski definition) is 3. The van der Waals surface area contributed by atoms with Gasteiger partial charge in [-0.15, -0.1) is 0 Å².